The van der Waals surface area contributed by atoms with Crippen LogP contribution < -0.4 is 5.32 Å². The Morgan fingerprint density at radius 3 is 2.83 bits per heavy atom. The van der Waals surface area contributed by atoms with Gasteiger partial charge in [0.15, 0.2) is 0 Å². The van der Waals surface area contributed by atoms with Crippen LogP contribution in [-0.4, -0.2) is 35.6 Å². The number of aromatic nitrogens is 1. The van der Waals surface area contributed by atoms with Gasteiger partial charge in [0.1, 0.15) is 0 Å². The first-order chi connectivity index (χ1) is 8.75. The van der Waals surface area contributed by atoms with Crippen molar-refractivity contribution < 1.29 is 0 Å². The van der Waals surface area contributed by atoms with Gasteiger partial charge in [0.05, 0.1) is 5.52 Å². The van der Waals surface area contributed by atoms with Gasteiger partial charge in [-0.3, -0.25) is 4.90 Å². The Morgan fingerprint density at radius 2 is 2.06 bits per heavy atom. The van der Waals surface area contributed by atoms with Gasteiger partial charge in [0, 0.05) is 55.8 Å². The zero-order chi connectivity index (χ0) is 12.5. The average Bonchev–Trinajstić information content (AvgIpc) is 2.69. The van der Waals surface area contributed by atoms with E-state index in [0.29, 0.717) is 0 Å². The normalized spacial score (nSPS) is 17.4. The highest BCUT2D eigenvalue weighted by atomic mass is 79.9. The van der Waals surface area contributed by atoms with Crippen molar-refractivity contribution in [2.45, 2.75) is 6.54 Å². The third-order valence-corrected chi connectivity index (χ3v) is 4.28. The largest absolute Gasteiger partial charge is 0.349 e. The molecule has 0 aliphatic carbocycles. The molecule has 3 nitrogen and oxygen atoms in total. The maximum Gasteiger partial charge on any atom is 0.0625 e. The van der Waals surface area contributed by atoms with Crippen LogP contribution in [0.3, 0.4) is 0 Å². The lowest BCUT2D eigenvalue weighted by atomic mass is 10.1. The van der Waals surface area contributed by atoms with Crippen LogP contribution in [0.15, 0.2) is 28.9 Å². The van der Waals surface area contributed by atoms with Gasteiger partial charge in [-0.1, -0.05) is 12.1 Å². The number of para-hydroxylation sites is 1. The molecule has 4 heteroatoms. The van der Waals surface area contributed by atoms with Crippen LogP contribution in [0.4, 0.5) is 0 Å². The van der Waals surface area contributed by atoms with Crippen molar-refractivity contribution in [3.05, 3.63) is 34.4 Å². The second kappa shape index (κ2) is 5.03. The molecule has 0 radical (unpaired) electrons. The van der Waals surface area contributed by atoms with Gasteiger partial charge in [-0.25, -0.2) is 0 Å². The van der Waals surface area contributed by atoms with E-state index in [9.17, 15) is 0 Å². The lowest BCUT2D eigenvalue weighted by Gasteiger charge is -2.26. The minimum atomic E-state index is 1.05. The van der Waals surface area contributed by atoms with Gasteiger partial charge < -0.3 is 9.88 Å². The summed E-state index contributed by atoms with van der Waals surface area (Å²) >= 11 is 3.64. The van der Waals surface area contributed by atoms with E-state index < -0.39 is 0 Å². The number of rotatable bonds is 2. The predicted octanol–water partition coefficient (Wildman–Crippen LogP) is 2.35. The topological polar surface area (TPSA) is 20.2 Å². The first-order valence-electron chi connectivity index (χ1n) is 6.41. The molecule has 1 saturated heterocycles. The van der Waals surface area contributed by atoms with Crippen LogP contribution in [0.25, 0.3) is 10.9 Å². The van der Waals surface area contributed by atoms with Gasteiger partial charge in [-0.15, -0.1) is 0 Å². The number of benzene rings is 1. The molecule has 0 spiro atoms. The fourth-order valence-corrected chi connectivity index (χ4v) is 3.38. The van der Waals surface area contributed by atoms with E-state index in [0.717, 1.165) is 32.7 Å². The molecule has 1 aliphatic heterocycles. The molecular weight excluding hydrogens is 290 g/mol. The predicted molar refractivity (Wildman–Crippen MR) is 78.8 cm³/mol. The highest BCUT2D eigenvalue weighted by Crippen LogP contribution is 2.28. The van der Waals surface area contributed by atoms with Crippen LogP contribution in [0.5, 0.6) is 0 Å². The van der Waals surface area contributed by atoms with Gasteiger partial charge in [-0.2, -0.15) is 0 Å². The Balaban J connectivity index is 1.94. The summed E-state index contributed by atoms with van der Waals surface area (Å²) in [6.45, 7) is 5.55. The zero-order valence-electron chi connectivity index (χ0n) is 10.6. The summed E-state index contributed by atoms with van der Waals surface area (Å²) in [5.41, 5.74) is 2.72. The molecule has 1 aliphatic rings. The molecule has 2 heterocycles. The Bertz CT molecular complexity index is 555. The molecular formula is C14H18BrN3. The summed E-state index contributed by atoms with van der Waals surface area (Å²) in [4.78, 5) is 2.52. The number of halogens is 1. The van der Waals surface area contributed by atoms with Crippen molar-refractivity contribution in [3.63, 3.8) is 0 Å². The zero-order valence-corrected chi connectivity index (χ0v) is 12.2. The van der Waals surface area contributed by atoms with Crippen molar-refractivity contribution in [2.75, 3.05) is 26.2 Å². The quantitative estimate of drug-likeness (QED) is 0.919. The van der Waals surface area contributed by atoms with E-state index in [1.807, 2.05) is 0 Å². The van der Waals surface area contributed by atoms with Crippen molar-refractivity contribution in [3.8, 4) is 0 Å². The average molecular weight is 308 g/mol. The Labute approximate surface area is 116 Å². The highest BCUT2D eigenvalue weighted by Gasteiger charge is 2.14. The maximum atomic E-state index is 3.64. The molecule has 96 valence electrons. The molecule has 0 amide bonds. The molecule has 2 aromatic rings. The Morgan fingerprint density at radius 1 is 1.28 bits per heavy atom. The van der Waals surface area contributed by atoms with Crippen LogP contribution >= 0.6 is 15.9 Å². The second-order valence-corrected chi connectivity index (χ2v) is 5.78. The first-order valence-corrected chi connectivity index (χ1v) is 7.20. The summed E-state index contributed by atoms with van der Waals surface area (Å²) < 4.78 is 3.39. The Kier molecular flexibility index (Phi) is 3.41. The van der Waals surface area contributed by atoms with E-state index in [2.05, 4.69) is 62.2 Å². The van der Waals surface area contributed by atoms with Gasteiger partial charge in [0.25, 0.3) is 0 Å². The first kappa shape index (κ1) is 12.2. The number of nitrogens with one attached hydrogen (secondary N) is 1. The molecule has 1 fully saturated rings. The third-order valence-electron chi connectivity index (χ3n) is 3.64. The van der Waals surface area contributed by atoms with E-state index in [-0.39, 0.29) is 0 Å². The molecule has 1 aromatic heterocycles. The molecule has 0 unspecified atom stereocenters. The van der Waals surface area contributed by atoms with Crippen LogP contribution in [-0.2, 0) is 13.6 Å². The molecule has 18 heavy (non-hydrogen) atoms. The lowest BCUT2D eigenvalue weighted by molar-refractivity contribution is 0.234. The summed E-state index contributed by atoms with van der Waals surface area (Å²) in [6.07, 6.45) is 2.26. The van der Waals surface area contributed by atoms with Crippen molar-refractivity contribution in [2.24, 2.45) is 7.05 Å². The minimum Gasteiger partial charge on any atom is -0.349 e. The van der Waals surface area contributed by atoms with E-state index in [1.165, 1.54) is 20.9 Å². The van der Waals surface area contributed by atoms with E-state index in [4.69, 9.17) is 0 Å². The number of piperazine rings is 1. The smallest absolute Gasteiger partial charge is 0.0625 e. The third kappa shape index (κ3) is 2.20. The van der Waals surface area contributed by atoms with Crippen molar-refractivity contribution in [1.29, 1.82) is 0 Å². The summed E-state index contributed by atoms with van der Waals surface area (Å²) in [6, 6.07) is 6.45. The molecule has 1 N–H and O–H groups in total. The molecule has 3 rings (SSSR count). The van der Waals surface area contributed by atoms with Crippen LogP contribution in [0, 0.1) is 0 Å². The van der Waals surface area contributed by atoms with E-state index >= 15 is 0 Å². The fraction of sp³-hybridized carbons (Fsp3) is 0.429. The van der Waals surface area contributed by atoms with Gasteiger partial charge >= 0.3 is 0 Å². The number of nitrogens with zero attached hydrogens (tertiary/aromatic N) is 2. The summed E-state index contributed by atoms with van der Waals surface area (Å²) in [5.74, 6) is 0. The summed E-state index contributed by atoms with van der Waals surface area (Å²) in [5, 5.41) is 4.76. The van der Waals surface area contributed by atoms with Gasteiger partial charge in [-0.05, 0) is 27.6 Å². The van der Waals surface area contributed by atoms with Crippen LogP contribution in [0.1, 0.15) is 5.56 Å². The number of hydrogen-bond donors (Lipinski definition) is 1. The maximum absolute atomic E-state index is 3.64. The fourth-order valence-electron chi connectivity index (χ4n) is 2.74. The van der Waals surface area contributed by atoms with Gasteiger partial charge in [0.2, 0.25) is 0 Å². The number of hydrogen-bond acceptors (Lipinski definition) is 2. The highest BCUT2D eigenvalue weighted by molar-refractivity contribution is 9.10. The molecule has 0 bridgehead atoms. The van der Waals surface area contributed by atoms with Crippen LogP contribution in [0.2, 0.25) is 0 Å². The van der Waals surface area contributed by atoms with Crippen molar-refractivity contribution in [1.82, 2.24) is 14.8 Å². The van der Waals surface area contributed by atoms with Crippen molar-refractivity contribution >= 4 is 26.8 Å². The Hall–Kier alpha value is -0.840. The molecule has 0 saturated carbocycles. The standard InChI is InChI=1S/C14H18BrN3/c1-17-9-11(10-18-7-5-16-6-8-18)12-3-2-4-13(15)14(12)17/h2-4,9,16H,5-8,10H2,1H3. The lowest BCUT2D eigenvalue weighted by Crippen LogP contribution is -2.42. The number of aryl methyl sites for hydroxylation is 1. The molecule has 0 atom stereocenters. The number of fused-ring (bicyclic) bond motifs is 1. The molecule has 1 aromatic carbocycles. The summed E-state index contributed by atoms with van der Waals surface area (Å²) in [7, 11) is 2.12. The minimum absolute atomic E-state index is 1.05. The SMILES string of the molecule is Cn1cc(CN2CCNCC2)c2cccc(Br)c21. The van der Waals surface area contributed by atoms with E-state index in [1.54, 1.807) is 0 Å². The second-order valence-electron chi connectivity index (χ2n) is 4.93. The monoisotopic (exact) mass is 307 g/mol.